The molecule has 100 valence electrons. The molecule has 4 heteroatoms. The van der Waals surface area contributed by atoms with Gasteiger partial charge in [0, 0.05) is 31.0 Å². The predicted octanol–water partition coefficient (Wildman–Crippen LogP) is 1.85. The Kier molecular flexibility index (Phi) is 4.70. The Morgan fingerprint density at radius 2 is 2.12 bits per heavy atom. The van der Waals surface area contributed by atoms with Gasteiger partial charge in [0.15, 0.2) is 0 Å². The van der Waals surface area contributed by atoms with Crippen LogP contribution in [0.15, 0.2) is 0 Å². The van der Waals surface area contributed by atoms with Crippen molar-refractivity contribution in [3.63, 3.8) is 0 Å². The van der Waals surface area contributed by atoms with Crippen molar-refractivity contribution in [1.82, 2.24) is 5.32 Å². The molecule has 3 fully saturated rings. The van der Waals surface area contributed by atoms with Crippen LogP contribution < -0.4 is 5.32 Å². The van der Waals surface area contributed by atoms with Crippen LogP contribution in [0.5, 0.6) is 0 Å². The van der Waals surface area contributed by atoms with Gasteiger partial charge in [0.25, 0.3) is 0 Å². The van der Waals surface area contributed by atoms with Gasteiger partial charge in [0.1, 0.15) is 0 Å². The van der Waals surface area contributed by atoms with Crippen LogP contribution in [0.25, 0.3) is 0 Å². The number of ether oxygens (including phenoxy) is 2. The average molecular weight is 262 g/mol. The van der Waals surface area contributed by atoms with Gasteiger partial charge in [-0.05, 0) is 18.8 Å². The second-order valence-corrected chi connectivity index (χ2v) is 5.87. The fourth-order valence-electron chi connectivity index (χ4n) is 3.48. The van der Waals surface area contributed by atoms with Crippen molar-refractivity contribution in [2.24, 2.45) is 17.3 Å². The molecule has 0 bridgehead atoms. The SMILES string of the molecule is C1CCC(COC[C@@]23CNC[C@@H]2COC3)C1.Cl. The maximum absolute atomic E-state index is 5.99. The van der Waals surface area contributed by atoms with Crippen LogP contribution in [0.3, 0.4) is 0 Å². The third kappa shape index (κ3) is 2.78. The Morgan fingerprint density at radius 3 is 2.94 bits per heavy atom. The monoisotopic (exact) mass is 261 g/mol. The minimum atomic E-state index is 0. The van der Waals surface area contributed by atoms with E-state index in [0.717, 1.165) is 45.4 Å². The van der Waals surface area contributed by atoms with E-state index in [1.165, 1.54) is 25.7 Å². The lowest BCUT2D eigenvalue weighted by atomic mass is 9.82. The van der Waals surface area contributed by atoms with Gasteiger partial charge in [-0.2, -0.15) is 0 Å². The summed E-state index contributed by atoms with van der Waals surface area (Å²) in [5.74, 6) is 1.53. The zero-order valence-electron chi connectivity index (χ0n) is 10.5. The normalized spacial score (nSPS) is 37.1. The Labute approximate surface area is 110 Å². The highest BCUT2D eigenvalue weighted by Crippen LogP contribution is 2.38. The summed E-state index contributed by atoms with van der Waals surface area (Å²) in [5, 5.41) is 3.48. The van der Waals surface area contributed by atoms with Crippen molar-refractivity contribution >= 4 is 12.4 Å². The van der Waals surface area contributed by atoms with Crippen LogP contribution in [0.1, 0.15) is 25.7 Å². The molecule has 2 aliphatic heterocycles. The van der Waals surface area contributed by atoms with E-state index in [-0.39, 0.29) is 12.4 Å². The molecule has 2 heterocycles. The molecule has 0 spiro atoms. The predicted molar refractivity (Wildman–Crippen MR) is 69.6 cm³/mol. The van der Waals surface area contributed by atoms with Crippen LogP contribution in [-0.4, -0.2) is 39.5 Å². The summed E-state index contributed by atoms with van der Waals surface area (Å²) in [6.07, 6.45) is 5.58. The maximum atomic E-state index is 5.99. The largest absolute Gasteiger partial charge is 0.380 e. The molecule has 0 amide bonds. The highest BCUT2D eigenvalue weighted by molar-refractivity contribution is 5.85. The van der Waals surface area contributed by atoms with Crippen molar-refractivity contribution in [2.45, 2.75) is 25.7 Å². The fraction of sp³-hybridized carbons (Fsp3) is 1.00. The van der Waals surface area contributed by atoms with Gasteiger partial charge >= 0.3 is 0 Å². The number of hydrogen-bond donors (Lipinski definition) is 1. The van der Waals surface area contributed by atoms with Crippen LogP contribution in [0.4, 0.5) is 0 Å². The van der Waals surface area contributed by atoms with Gasteiger partial charge in [-0.15, -0.1) is 12.4 Å². The molecule has 1 aliphatic carbocycles. The Balaban J connectivity index is 0.00000108. The summed E-state index contributed by atoms with van der Waals surface area (Å²) in [6, 6.07) is 0. The highest BCUT2D eigenvalue weighted by Gasteiger charge is 2.47. The Bertz CT molecular complexity index is 234. The topological polar surface area (TPSA) is 30.5 Å². The molecule has 0 radical (unpaired) electrons. The number of nitrogens with one attached hydrogen (secondary N) is 1. The lowest BCUT2D eigenvalue weighted by molar-refractivity contribution is 0.0186. The lowest BCUT2D eigenvalue weighted by Gasteiger charge is -2.26. The van der Waals surface area contributed by atoms with Gasteiger partial charge in [0.05, 0.1) is 19.8 Å². The van der Waals surface area contributed by atoms with Crippen LogP contribution in [0, 0.1) is 17.3 Å². The van der Waals surface area contributed by atoms with E-state index in [4.69, 9.17) is 9.47 Å². The van der Waals surface area contributed by atoms with E-state index in [1.807, 2.05) is 0 Å². The fourth-order valence-corrected chi connectivity index (χ4v) is 3.48. The standard InChI is InChI=1S/C13H23NO2.ClH/c1-2-4-11(3-1)6-15-9-13-8-14-5-12(13)7-16-10-13;/h11-12,14H,1-10H2;1H/t12-,13-;/m1./s1. The molecule has 3 nitrogen and oxygen atoms in total. The quantitative estimate of drug-likeness (QED) is 0.838. The van der Waals surface area contributed by atoms with Gasteiger partial charge < -0.3 is 14.8 Å². The molecule has 0 aromatic carbocycles. The highest BCUT2D eigenvalue weighted by atomic mass is 35.5. The van der Waals surface area contributed by atoms with Gasteiger partial charge in [0.2, 0.25) is 0 Å². The first-order valence-electron chi connectivity index (χ1n) is 6.75. The van der Waals surface area contributed by atoms with Crippen molar-refractivity contribution in [2.75, 3.05) is 39.5 Å². The van der Waals surface area contributed by atoms with E-state index < -0.39 is 0 Å². The average Bonchev–Trinajstić information content (AvgIpc) is 2.91. The number of hydrogen-bond acceptors (Lipinski definition) is 3. The van der Waals surface area contributed by atoms with Crippen molar-refractivity contribution < 1.29 is 9.47 Å². The van der Waals surface area contributed by atoms with Gasteiger partial charge in [-0.3, -0.25) is 0 Å². The van der Waals surface area contributed by atoms with Crippen molar-refractivity contribution in [1.29, 1.82) is 0 Å². The molecule has 0 aromatic heterocycles. The molecule has 2 saturated heterocycles. The lowest BCUT2D eigenvalue weighted by Crippen LogP contribution is -2.35. The zero-order valence-corrected chi connectivity index (χ0v) is 11.3. The van der Waals surface area contributed by atoms with E-state index in [1.54, 1.807) is 0 Å². The van der Waals surface area contributed by atoms with E-state index in [0.29, 0.717) is 11.3 Å². The minimum Gasteiger partial charge on any atom is -0.380 e. The first-order chi connectivity index (χ1) is 7.89. The third-order valence-corrected chi connectivity index (χ3v) is 4.66. The van der Waals surface area contributed by atoms with Crippen LogP contribution in [-0.2, 0) is 9.47 Å². The summed E-state index contributed by atoms with van der Waals surface area (Å²) >= 11 is 0. The Morgan fingerprint density at radius 1 is 1.29 bits per heavy atom. The first-order valence-corrected chi connectivity index (χ1v) is 6.75. The molecule has 3 rings (SSSR count). The molecule has 3 aliphatic rings. The summed E-state index contributed by atoms with van der Waals surface area (Å²) in [4.78, 5) is 0. The van der Waals surface area contributed by atoms with Crippen molar-refractivity contribution in [3.8, 4) is 0 Å². The summed E-state index contributed by atoms with van der Waals surface area (Å²) in [5.41, 5.74) is 0.304. The summed E-state index contributed by atoms with van der Waals surface area (Å²) < 4.78 is 11.6. The van der Waals surface area contributed by atoms with E-state index >= 15 is 0 Å². The number of fused-ring (bicyclic) bond motifs is 1. The van der Waals surface area contributed by atoms with Gasteiger partial charge in [-0.25, -0.2) is 0 Å². The second-order valence-electron chi connectivity index (χ2n) is 5.87. The number of halogens is 1. The second kappa shape index (κ2) is 5.87. The Hall–Kier alpha value is 0.170. The molecule has 2 atom stereocenters. The minimum absolute atomic E-state index is 0. The first kappa shape index (κ1) is 13.6. The molecular formula is C13H24ClNO2. The molecule has 1 N–H and O–H groups in total. The smallest absolute Gasteiger partial charge is 0.0560 e. The molecule has 1 saturated carbocycles. The summed E-state index contributed by atoms with van der Waals surface area (Å²) in [6.45, 7) is 5.92. The van der Waals surface area contributed by atoms with Crippen LogP contribution >= 0.6 is 12.4 Å². The molecular weight excluding hydrogens is 238 g/mol. The molecule has 0 aromatic rings. The zero-order chi connectivity index (χ0) is 10.8. The van der Waals surface area contributed by atoms with Crippen LogP contribution in [0.2, 0.25) is 0 Å². The third-order valence-electron chi connectivity index (χ3n) is 4.66. The number of rotatable bonds is 4. The molecule has 0 unspecified atom stereocenters. The van der Waals surface area contributed by atoms with Crippen molar-refractivity contribution in [3.05, 3.63) is 0 Å². The molecule has 17 heavy (non-hydrogen) atoms. The van der Waals surface area contributed by atoms with E-state index in [9.17, 15) is 0 Å². The maximum Gasteiger partial charge on any atom is 0.0560 e. The summed E-state index contributed by atoms with van der Waals surface area (Å²) in [7, 11) is 0. The van der Waals surface area contributed by atoms with Gasteiger partial charge in [-0.1, -0.05) is 12.8 Å². The van der Waals surface area contributed by atoms with E-state index in [2.05, 4.69) is 5.32 Å².